The van der Waals surface area contributed by atoms with E-state index >= 15 is 0 Å². The number of thiocarbonyl (C=S) groups is 1. The predicted octanol–water partition coefficient (Wildman–Crippen LogP) is 4.48. The summed E-state index contributed by atoms with van der Waals surface area (Å²) in [5.74, 6) is 0. The van der Waals surface area contributed by atoms with Gasteiger partial charge in [0.1, 0.15) is 4.99 Å². The van der Waals surface area contributed by atoms with Crippen molar-refractivity contribution in [2.75, 3.05) is 5.32 Å². The van der Waals surface area contributed by atoms with Crippen molar-refractivity contribution < 1.29 is 0 Å². The van der Waals surface area contributed by atoms with Crippen molar-refractivity contribution in [3.05, 3.63) is 57.5 Å². The van der Waals surface area contributed by atoms with Crippen LogP contribution in [0, 0.1) is 0 Å². The standard InChI is InChI=1S/C13H10BrClN2S/c14-10-7-8(15)5-6-12(10)17-11-4-2-1-3-9(11)13(16)18/h1-7,17H,(H2,16,18). The van der Waals surface area contributed by atoms with Gasteiger partial charge in [-0.05, 0) is 46.3 Å². The predicted molar refractivity (Wildman–Crippen MR) is 84.8 cm³/mol. The Hall–Kier alpha value is -1.10. The molecule has 2 rings (SSSR count). The van der Waals surface area contributed by atoms with Gasteiger partial charge in [-0.3, -0.25) is 0 Å². The fourth-order valence-corrected chi connectivity index (χ4v) is 2.50. The van der Waals surface area contributed by atoms with Crippen LogP contribution in [0.4, 0.5) is 11.4 Å². The van der Waals surface area contributed by atoms with Gasteiger partial charge >= 0.3 is 0 Å². The molecule has 2 aromatic rings. The lowest BCUT2D eigenvalue weighted by Gasteiger charge is -2.12. The van der Waals surface area contributed by atoms with Crippen LogP contribution < -0.4 is 11.1 Å². The van der Waals surface area contributed by atoms with Crippen LogP contribution in [0.5, 0.6) is 0 Å². The molecule has 0 saturated heterocycles. The van der Waals surface area contributed by atoms with E-state index in [4.69, 9.17) is 29.6 Å². The zero-order chi connectivity index (χ0) is 13.1. The lowest BCUT2D eigenvalue weighted by molar-refractivity contribution is 1.50. The first-order chi connectivity index (χ1) is 8.58. The zero-order valence-electron chi connectivity index (χ0n) is 9.28. The Labute approximate surface area is 124 Å². The van der Waals surface area contributed by atoms with Crippen LogP contribution in [0.15, 0.2) is 46.9 Å². The van der Waals surface area contributed by atoms with Gasteiger partial charge in [0.2, 0.25) is 0 Å². The van der Waals surface area contributed by atoms with E-state index in [9.17, 15) is 0 Å². The summed E-state index contributed by atoms with van der Waals surface area (Å²) in [6, 6.07) is 13.2. The first-order valence-electron chi connectivity index (χ1n) is 5.19. The number of benzene rings is 2. The molecule has 0 spiro atoms. The van der Waals surface area contributed by atoms with Crippen LogP contribution in [-0.4, -0.2) is 4.99 Å². The van der Waals surface area contributed by atoms with Crippen LogP contribution in [0.3, 0.4) is 0 Å². The Morgan fingerprint density at radius 2 is 1.89 bits per heavy atom. The van der Waals surface area contributed by atoms with E-state index in [1.54, 1.807) is 0 Å². The van der Waals surface area contributed by atoms with Crippen molar-refractivity contribution >= 4 is 56.1 Å². The average molecular weight is 342 g/mol. The molecule has 0 radical (unpaired) electrons. The molecule has 0 saturated carbocycles. The lowest BCUT2D eigenvalue weighted by Crippen LogP contribution is -2.11. The molecular formula is C13H10BrClN2S. The van der Waals surface area contributed by atoms with E-state index in [0.717, 1.165) is 21.4 Å². The molecule has 0 heterocycles. The van der Waals surface area contributed by atoms with Crippen LogP contribution in [0.2, 0.25) is 5.02 Å². The molecule has 2 nitrogen and oxygen atoms in total. The molecule has 5 heteroatoms. The average Bonchev–Trinajstić information content (AvgIpc) is 2.33. The third-order valence-electron chi connectivity index (χ3n) is 2.39. The zero-order valence-corrected chi connectivity index (χ0v) is 12.4. The summed E-state index contributed by atoms with van der Waals surface area (Å²) in [4.78, 5) is 0.364. The second kappa shape index (κ2) is 5.69. The Balaban J connectivity index is 2.37. The Morgan fingerprint density at radius 1 is 1.17 bits per heavy atom. The summed E-state index contributed by atoms with van der Waals surface area (Å²) in [6.07, 6.45) is 0. The highest BCUT2D eigenvalue weighted by Gasteiger charge is 2.06. The Morgan fingerprint density at radius 3 is 2.56 bits per heavy atom. The minimum absolute atomic E-state index is 0.364. The molecule has 0 atom stereocenters. The van der Waals surface area contributed by atoms with E-state index in [0.29, 0.717) is 10.0 Å². The van der Waals surface area contributed by atoms with Gasteiger partial charge in [0.05, 0.1) is 5.69 Å². The van der Waals surface area contributed by atoms with Gasteiger partial charge in [0, 0.05) is 20.7 Å². The summed E-state index contributed by atoms with van der Waals surface area (Å²) in [5.41, 5.74) is 8.28. The number of nitrogens with two attached hydrogens (primary N) is 1. The van der Waals surface area contributed by atoms with Crippen LogP contribution in [-0.2, 0) is 0 Å². The maximum Gasteiger partial charge on any atom is 0.106 e. The number of rotatable bonds is 3. The number of hydrogen-bond acceptors (Lipinski definition) is 2. The van der Waals surface area contributed by atoms with Crippen LogP contribution in [0.1, 0.15) is 5.56 Å². The maximum absolute atomic E-state index is 5.90. The molecule has 0 aliphatic rings. The number of hydrogen-bond donors (Lipinski definition) is 2. The molecule has 18 heavy (non-hydrogen) atoms. The van der Waals surface area contributed by atoms with Gasteiger partial charge in [-0.2, -0.15) is 0 Å². The van der Waals surface area contributed by atoms with Crippen molar-refractivity contribution in [3.63, 3.8) is 0 Å². The fraction of sp³-hybridized carbons (Fsp3) is 0. The molecule has 0 bridgehead atoms. The third-order valence-corrected chi connectivity index (χ3v) is 3.50. The van der Waals surface area contributed by atoms with Crippen molar-refractivity contribution in [2.24, 2.45) is 5.73 Å². The highest BCUT2D eigenvalue weighted by molar-refractivity contribution is 9.10. The minimum Gasteiger partial charge on any atom is -0.389 e. The first-order valence-corrected chi connectivity index (χ1v) is 6.77. The molecular weight excluding hydrogens is 332 g/mol. The van der Waals surface area contributed by atoms with Gasteiger partial charge in [-0.15, -0.1) is 0 Å². The van der Waals surface area contributed by atoms with E-state index in [1.165, 1.54) is 0 Å². The van der Waals surface area contributed by atoms with E-state index in [2.05, 4.69) is 21.2 Å². The topological polar surface area (TPSA) is 38.0 Å². The smallest absolute Gasteiger partial charge is 0.106 e. The minimum atomic E-state index is 0.364. The molecule has 3 N–H and O–H groups in total. The molecule has 0 amide bonds. The van der Waals surface area contributed by atoms with Gasteiger partial charge in [-0.1, -0.05) is 36.0 Å². The van der Waals surface area contributed by atoms with Gasteiger partial charge in [0.15, 0.2) is 0 Å². The van der Waals surface area contributed by atoms with Crippen LogP contribution >= 0.6 is 39.7 Å². The second-order valence-corrected chi connectivity index (χ2v) is 5.39. The van der Waals surface area contributed by atoms with Gasteiger partial charge in [-0.25, -0.2) is 0 Å². The van der Waals surface area contributed by atoms with E-state index in [1.807, 2.05) is 42.5 Å². The highest BCUT2D eigenvalue weighted by atomic mass is 79.9. The first kappa shape index (κ1) is 13.3. The van der Waals surface area contributed by atoms with Crippen molar-refractivity contribution in [2.45, 2.75) is 0 Å². The fourth-order valence-electron chi connectivity index (χ4n) is 1.54. The monoisotopic (exact) mass is 340 g/mol. The van der Waals surface area contributed by atoms with E-state index in [-0.39, 0.29) is 0 Å². The third kappa shape index (κ3) is 3.02. The van der Waals surface area contributed by atoms with Gasteiger partial charge < -0.3 is 11.1 Å². The largest absolute Gasteiger partial charge is 0.389 e. The SMILES string of the molecule is NC(=S)c1ccccc1Nc1ccc(Cl)cc1Br. The van der Waals surface area contributed by atoms with E-state index < -0.39 is 0 Å². The van der Waals surface area contributed by atoms with Crippen molar-refractivity contribution in [1.29, 1.82) is 0 Å². The second-order valence-electron chi connectivity index (χ2n) is 3.66. The van der Waals surface area contributed by atoms with Crippen LogP contribution in [0.25, 0.3) is 0 Å². The number of halogens is 2. The van der Waals surface area contributed by atoms with Gasteiger partial charge in [0.25, 0.3) is 0 Å². The molecule has 0 aliphatic carbocycles. The number of nitrogens with one attached hydrogen (secondary N) is 1. The van der Waals surface area contributed by atoms with Crippen molar-refractivity contribution in [1.82, 2.24) is 0 Å². The summed E-state index contributed by atoms with van der Waals surface area (Å²) in [5, 5.41) is 3.95. The summed E-state index contributed by atoms with van der Waals surface area (Å²) < 4.78 is 0.882. The Bertz CT molecular complexity index is 601. The normalized spacial score (nSPS) is 10.1. The Kier molecular flexibility index (Phi) is 4.22. The number of para-hydroxylation sites is 1. The molecule has 0 unspecified atom stereocenters. The molecule has 0 aliphatic heterocycles. The van der Waals surface area contributed by atoms with Crippen molar-refractivity contribution in [3.8, 4) is 0 Å². The lowest BCUT2D eigenvalue weighted by atomic mass is 10.1. The maximum atomic E-state index is 5.90. The molecule has 92 valence electrons. The summed E-state index contributed by atoms with van der Waals surface area (Å²) in [7, 11) is 0. The molecule has 0 fully saturated rings. The summed E-state index contributed by atoms with van der Waals surface area (Å²) in [6.45, 7) is 0. The molecule has 2 aromatic carbocycles. The molecule has 0 aromatic heterocycles. The summed E-state index contributed by atoms with van der Waals surface area (Å²) >= 11 is 14.4. The quantitative estimate of drug-likeness (QED) is 0.808. The highest BCUT2D eigenvalue weighted by Crippen LogP contribution is 2.29. The number of anilines is 2.